The molecule has 2 rings (SSSR count). The standard InChI is InChI=1S/C12H19N5O/c1-8-6-10(11(13)16-18)15-12(14-8)17(2)7-9-4-3-5-9/h6,9,18H,3-5,7H2,1-2H3,(H2,13,16). The van der Waals surface area contributed by atoms with Crippen molar-refractivity contribution in [3.63, 3.8) is 0 Å². The minimum absolute atomic E-state index is 0.0128. The molecule has 6 nitrogen and oxygen atoms in total. The summed E-state index contributed by atoms with van der Waals surface area (Å²) in [7, 11) is 1.98. The molecular formula is C12H19N5O. The van der Waals surface area contributed by atoms with Crippen molar-refractivity contribution in [3.8, 4) is 0 Å². The van der Waals surface area contributed by atoms with E-state index in [1.807, 2.05) is 18.9 Å². The third-order valence-electron chi connectivity index (χ3n) is 3.31. The fourth-order valence-corrected chi connectivity index (χ4v) is 2.05. The molecule has 0 unspecified atom stereocenters. The van der Waals surface area contributed by atoms with Crippen LogP contribution in [0.15, 0.2) is 11.2 Å². The first kappa shape index (κ1) is 12.6. The number of amidine groups is 1. The molecule has 6 heteroatoms. The van der Waals surface area contributed by atoms with Gasteiger partial charge in [-0.25, -0.2) is 9.97 Å². The second kappa shape index (κ2) is 5.20. The maximum absolute atomic E-state index is 8.69. The van der Waals surface area contributed by atoms with E-state index in [0.717, 1.165) is 18.2 Å². The van der Waals surface area contributed by atoms with Crippen LogP contribution in [0.5, 0.6) is 0 Å². The van der Waals surface area contributed by atoms with E-state index in [2.05, 4.69) is 15.1 Å². The van der Waals surface area contributed by atoms with Gasteiger partial charge in [0.05, 0.1) is 0 Å². The summed E-state index contributed by atoms with van der Waals surface area (Å²) in [5, 5.41) is 11.7. The zero-order valence-electron chi connectivity index (χ0n) is 10.8. The van der Waals surface area contributed by atoms with E-state index < -0.39 is 0 Å². The minimum Gasteiger partial charge on any atom is -0.409 e. The molecule has 0 bridgehead atoms. The van der Waals surface area contributed by atoms with Crippen LogP contribution in [-0.4, -0.2) is 34.6 Å². The molecular weight excluding hydrogens is 230 g/mol. The number of hydrogen-bond donors (Lipinski definition) is 2. The highest BCUT2D eigenvalue weighted by molar-refractivity contribution is 5.95. The summed E-state index contributed by atoms with van der Waals surface area (Å²) in [6, 6.07) is 1.70. The predicted octanol–water partition coefficient (Wildman–Crippen LogP) is 1.12. The number of aromatic nitrogens is 2. The Hall–Kier alpha value is -1.85. The molecule has 1 aliphatic carbocycles. The maximum atomic E-state index is 8.69. The van der Waals surface area contributed by atoms with Crippen LogP contribution in [0.1, 0.15) is 30.7 Å². The van der Waals surface area contributed by atoms with Crippen LogP contribution in [0.25, 0.3) is 0 Å². The molecule has 0 aliphatic heterocycles. The van der Waals surface area contributed by atoms with Gasteiger partial charge in [0.15, 0.2) is 5.84 Å². The van der Waals surface area contributed by atoms with Crippen molar-refractivity contribution in [1.82, 2.24) is 9.97 Å². The van der Waals surface area contributed by atoms with E-state index in [4.69, 9.17) is 10.9 Å². The van der Waals surface area contributed by atoms with Crippen LogP contribution in [0, 0.1) is 12.8 Å². The van der Waals surface area contributed by atoms with Crippen molar-refractivity contribution < 1.29 is 5.21 Å². The van der Waals surface area contributed by atoms with Crippen LogP contribution in [0.4, 0.5) is 5.95 Å². The highest BCUT2D eigenvalue weighted by Crippen LogP contribution is 2.27. The fourth-order valence-electron chi connectivity index (χ4n) is 2.05. The number of nitrogens with two attached hydrogens (primary N) is 1. The summed E-state index contributed by atoms with van der Waals surface area (Å²) >= 11 is 0. The Morgan fingerprint density at radius 2 is 2.28 bits per heavy atom. The van der Waals surface area contributed by atoms with Gasteiger partial charge in [0, 0.05) is 19.3 Å². The lowest BCUT2D eigenvalue weighted by Crippen LogP contribution is -2.31. The summed E-state index contributed by atoms with van der Waals surface area (Å²) in [4.78, 5) is 10.7. The smallest absolute Gasteiger partial charge is 0.225 e. The number of aryl methyl sites for hydroxylation is 1. The van der Waals surface area contributed by atoms with Crippen molar-refractivity contribution in [1.29, 1.82) is 0 Å². The van der Waals surface area contributed by atoms with Gasteiger partial charge in [-0.3, -0.25) is 0 Å². The molecule has 1 aromatic heterocycles. The van der Waals surface area contributed by atoms with Gasteiger partial charge in [0.25, 0.3) is 0 Å². The van der Waals surface area contributed by atoms with Crippen LogP contribution >= 0.6 is 0 Å². The van der Waals surface area contributed by atoms with E-state index >= 15 is 0 Å². The molecule has 0 amide bonds. The van der Waals surface area contributed by atoms with Gasteiger partial charge in [0.2, 0.25) is 5.95 Å². The van der Waals surface area contributed by atoms with Crippen LogP contribution < -0.4 is 10.6 Å². The van der Waals surface area contributed by atoms with Crippen molar-refractivity contribution in [2.24, 2.45) is 16.8 Å². The minimum atomic E-state index is 0.0128. The molecule has 1 fully saturated rings. The first-order valence-electron chi connectivity index (χ1n) is 6.15. The Morgan fingerprint density at radius 1 is 1.56 bits per heavy atom. The molecule has 98 valence electrons. The van der Waals surface area contributed by atoms with Crippen LogP contribution in [-0.2, 0) is 0 Å². The number of anilines is 1. The lowest BCUT2D eigenvalue weighted by atomic mass is 9.85. The average Bonchev–Trinajstić information content (AvgIpc) is 2.31. The molecule has 0 spiro atoms. The SMILES string of the molecule is Cc1cc(/C(N)=N/O)nc(N(C)CC2CCC2)n1. The Morgan fingerprint density at radius 3 is 2.83 bits per heavy atom. The van der Waals surface area contributed by atoms with E-state index in [1.165, 1.54) is 19.3 Å². The molecule has 0 saturated heterocycles. The second-order valence-corrected chi connectivity index (χ2v) is 4.86. The van der Waals surface area contributed by atoms with Crippen molar-refractivity contribution >= 4 is 11.8 Å². The zero-order valence-corrected chi connectivity index (χ0v) is 10.8. The van der Waals surface area contributed by atoms with Gasteiger partial charge in [-0.15, -0.1) is 0 Å². The summed E-state index contributed by atoms with van der Waals surface area (Å²) in [6.07, 6.45) is 3.88. The second-order valence-electron chi connectivity index (χ2n) is 4.86. The predicted molar refractivity (Wildman–Crippen MR) is 69.9 cm³/mol. The third-order valence-corrected chi connectivity index (χ3v) is 3.31. The Labute approximate surface area is 107 Å². The third kappa shape index (κ3) is 2.69. The fraction of sp³-hybridized carbons (Fsp3) is 0.583. The normalized spacial score (nSPS) is 16.4. The van der Waals surface area contributed by atoms with E-state index in [-0.39, 0.29) is 5.84 Å². The van der Waals surface area contributed by atoms with Gasteiger partial charge >= 0.3 is 0 Å². The molecule has 1 heterocycles. The molecule has 1 aromatic rings. The largest absolute Gasteiger partial charge is 0.409 e. The zero-order chi connectivity index (χ0) is 13.1. The molecule has 1 saturated carbocycles. The Balaban J connectivity index is 2.18. The Kier molecular flexibility index (Phi) is 3.64. The quantitative estimate of drug-likeness (QED) is 0.361. The molecule has 0 radical (unpaired) electrons. The lowest BCUT2D eigenvalue weighted by Gasteiger charge is -2.30. The van der Waals surface area contributed by atoms with E-state index in [1.54, 1.807) is 6.07 Å². The van der Waals surface area contributed by atoms with Crippen LogP contribution in [0.3, 0.4) is 0 Å². The summed E-state index contributed by atoms with van der Waals surface area (Å²) in [6.45, 7) is 2.83. The van der Waals surface area contributed by atoms with E-state index in [9.17, 15) is 0 Å². The number of hydrogen-bond acceptors (Lipinski definition) is 5. The van der Waals surface area contributed by atoms with Crippen molar-refractivity contribution in [2.45, 2.75) is 26.2 Å². The summed E-state index contributed by atoms with van der Waals surface area (Å²) < 4.78 is 0. The van der Waals surface area contributed by atoms with Gasteiger partial charge < -0.3 is 15.8 Å². The van der Waals surface area contributed by atoms with Gasteiger partial charge in [-0.2, -0.15) is 0 Å². The van der Waals surface area contributed by atoms with E-state index in [0.29, 0.717) is 11.6 Å². The van der Waals surface area contributed by atoms with Crippen LogP contribution in [0.2, 0.25) is 0 Å². The highest BCUT2D eigenvalue weighted by Gasteiger charge is 2.20. The molecule has 1 aliphatic rings. The van der Waals surface area contributed by atoms with Gasteiger partial charge in [-0.05, 0) is 31.7 Å². The molecule has 3 N–H and O–H groups in total. The first-order valence-corrected chi connectivity index (χ1v) is 6.15. The Bertz CT molecular complexity index is 456. The van der Waals surface area contributed by atoms with Crippen molar-refractivity contribution in [3.05, 3.63) is 17.5 Å². The number of nitrogens with zero attached hydrogens (tertiary/aromatic N) is 4. The molecule has 18 heavy (non-hydrogen) atoms. The van der Waals surface area contributed by atoms with Gasteiger partial charge in [0.1, 0.15) is 5.69 Å². The summed E-state index contributed by atoms with van der Waals surface area (Å²) in [5.41, 5.74) is 6.83. The monoisotopic (exact) mass is 249 g/mol. The summed E-state index contributed by atoms with van der Waals surface area (Å²) in [5.74, 6) is 1.38. The first-order chi connectivity index (χ1) is 8.60. The topological polar surface area (TPSA) is 87.6 Å². The average molecular weight is 249 g/mol. The van der Waals surface area contributed by atoms with Crippen molar-refractivity contribution in [2.75, 3.05) is 18.5 Å². The lowest BCUT2D eigenvalue weighted by molar-refractivity contribution is 0.318. The number of rotatable bonds is 4. The molecule has 0 atom stereocenters. The molecule has 0 aromatic carbocycles. The number of oxime groups is 1. The maximum Gasteiger partial charge on any atom is 0.225 e. The highest BCUT2D eigenvalue weighted by atomic mass is 16.4. The van der Waals surface area contributed by atoms with Gasteiger partial charge in [-0.1, -0.05) is 11.6 Å².